The van der Waals surface area contributed by atoms with Crippen LogP contribution in [0.15, 0.2) is 28.7 Å². The Morgan fingerprint density at radius 1 is 1.26 bits per heavy atom. The van der Waals surface area contributed by atoms with E-state index in [0.29, 0.717) is 21.8 Å². The van der Waals surface area contributed by atoms with Crippen LogP contribution in [-0.4, -0.2) is 4.98 Å². The standard InChI is InChI=1S/C12H7BrF2N4/c13-7-2-1-6(5-16)10(3-7)18-12-9(15)4-8(14)11(17)19-12/h1-4H,(H3,17,18,19). The van der Waals surface area contributed by atoms with E-state index in [0.717, 1.165) is 0 Å². The summed E-state index contributed by atoms with van der Waals surface area (Å²) >= 11 is 3.24. The van der Waals surface area contributed by atoms with Crippen molar-refractivity contribution in [1.29, 1.82) is 5.26 Å². The molecular weight excluding hydrogens is 318 g/mol. The predicted molar refractivity (Wildman–Crippen MR) is 70.7 cm³/mol. The van der Waals surface area contributed by atoms with E-state index >= 15 is 0 Å². The van der Waals surface area contributed by atoms with Crippen molar-refractivity contribution in [2.24, 2.45) is 0 Å². The van der Waals surface area contributed by atoms with Gasteiger partial charge >= 0.3 is 0 Å². The molecule has 0 amide bonds. The summed E-state index contributed by atoms with van der Waals surface area (Å²) in [6, 6.07) is 7.39. The highest BCUT2D eigenvalue weighted by Gasteiger charge is 2.12. The molecule has 4 nitrogen and oxygen atoms in total. The van der Waals surface area contributed by atoms with Crippen LogP contribution < -0.4 is 11.1 Å². The summed E-state index contributed by atoms with van der Waals surface area (Å²) in [4.78, 5) is 3.56. The van der Waals surface area contributed by atoms with Crippen molar-refractivity contribution < 1.29 is 8.78 Å². The normalized spacial score (nSPS) is 10.0. The average Bonchev–Trinajstić information content (AvgIpc) is 2.36. The van der Waals surface area contributed by atoms with Crippen LogP contribution in [0, 0.1) is 23.0 Å². The van der Waals surface area contributed by atoms with Gasteiger partial charge in [0.15, 0.2) is 23.3 Å². The van der Waals surface area contributed by atoms with Gasteiger partial charge in [0, 0.05) is 10.5 Å². The van der Waals surface area contributed by atoms with Gasteiger partial charge in [0.1, 0.15) is 6.07 Å². The van der Waals surface area contributed by atoms with Crippen molar-refractivity contribution >= 4 is 33.3 Å². The first-order valence-corrected chi connectivity index (χ1v) is 5.88. The van der Waals surface area contributed by atoms with E-state index in [-0.39, 0.29) is 5.82 Å². The molecule has 0 fully saturated rings. The van der Waals surface area contributed by atoms with Crippen molar-refractivity contribution in [2.45, 2.75) is 0 Å². The smallest absolute Gasteiger partial charge is 0.169 e. The molecule has 0 saturated heterocycles. The number of nitrogen functional groups attached to an aromatic ring is 1. The van der Waals surface area contributed by atoms with Crippen LogP contribution in [0.2, 0.25) is 0 Å². The molecule has 0 spiro atoms. The molecule has 96 valence electrons. The van der Waals surface area contributed by atoms with E-state index in [2.05, 4.69) is 26.2 Å². The van der Waals surface area contributed by atoms with Crippen molar-refractivity contribution in [3.8, 4) is 6.07 Å². The fraction of sp³-hybridized carbons (Fsp3) is 0. The molecule has 0 aliphatic heterocycles. The van der Waals surface area contributed by atoms with Crippen LogP contribution in [0.25, 0.3) is 0 Å². The summed E-state index contributed by atoms with van der Waals surface area (Å²) in [5.41, 5.74) is 5.92. The third-order valence-electron chi connectivity index (χ3n) is 2.31. The zero-order valence-electron chi connectivity index (χ0n) is 9.42. The van der Waals surface area contributed by atoms with Gasteiger partial charge in [-0.25, -0.2) is 13.8 Å². The number of nitrogens with zero attached hydrogens (tertiary/aromatic N) is 2. The summed E-state index contributed by atoms with van der Waals surface area (Å²) in [6.45, 7) is 0. The first kappa shape index (κ1) is 13.2. The Bertz CT molecular complexity index is 682. The van der Waals surface area contributed by atoms with Crippen LogP contribution in [0.3, 0.4) is 0 Å². The minimum Gasteiger partial charge on any atom is -0.381 e. The number of benzene rings is 1. The Hall–Kier alpha value is -2.20. The SMILES string of the molecule is N#Cc1ccc(Br)cc1Nc1nc(N)c(F)cc1F. The molecule has 0 unspecified atom stereocenters. The fourth-order valence-corrected chi connectivity index (χ4v) is 1.77. The number of pyridine rings is 1. The van der Waals surface area contributed by atoms with E-state index in [1.807, 2.05) is 6.07 Å². The third kappa shape index (κ3) is 2.80. The summed E-state index contributed by atoms with van der Waals surface area (Å²) < 4.78 is 27.2. The molecule has 0 radical (unpaired) electrons. The minimum absolute atomic E-state index is 0.242. The van der Waals surface area contributed by atoms with Gasteiger partial charge in [0.05, 0.1) is 11.3 Å². The molecule has 2 rings (SSSR count). The van der Waals surface area contributed by atoms with E-state index in [9.17, 15) is 8.78 Å². The number of nitrogens with two attached hydrogens (primary N) is 1. The lowest BCUT2D eigenvalue weighted by Crippen LogP contribution is -2.04. The first-order valence-electron chi connectivity index (χ1n) is 5.09. The molecular formula is C12H7BrF2N4. The summed E-state index contributed by atoms with van der Waals surface area (Å²) in [7, 11) is 0. The number of hydrogen-bond acceptors (Lipinski definition) is 4. The van der Waals surface area contributed by atoms with Crippen molar-refractivity contribution in [2.75, 3.05) is 11.1 Å². The molecule has 0 atom stereocenters. The van der Waals surface area contributed by atoms with Crippen LogP contribution >= 0.6 is 15.9 Å². The number of hydrogen-bond donors (Lipinski definition) is 2. The maximum Gasteiger partial charge on any atom is 0.169 e. The Morgan fingerprint density at radius 3 is 2.68 bits per heavy atom. The second kappa shape index (κ2) is 5.20. The number of halogens is 3. The fourth-order valence-electron chi connectivity index (χ4n) is 1.41. The van der Waals surface area contributed by atoms with Gasteiger partial charge in [-0.05, 0) is 18.2 Å². The van der Waals surface area contributed by atoms with Gasteiger partial charge < -0.3 is 11.1 Å². The van der Waals surface area contributed by atoms with Gasteiger partial charge in [0.25, 0.3) is 0 Å². The number of aromatic nitrogens is 1. The zero-order chi connectivity index (χ0) is 14.0. The maximum atomic E-state index is 13.5. The molecule has 1 aromatic heterocycles. The number of rotatable bonds is 2. The summed E-state index contributed by atoms with van der Waals surface area (Å²) in [5.74, 6) is -2.49. The average molecular weight is 325 g/mol. The van der Waals surface area contributed by atoms with E-state index in [1.165, 1.54) is 0 Å². The molecule has 1 heterocycles. The van der Waals surface area contributed by atoms with Crippen LogP contribution in [0.5, 0.6) is 0 Å². The Kier molecular flexibility index (Phi) is 3.62. The Balaban J connectivity index is 2.45. The quantitative estimate of drug-likeness (QED) is 0.888. The van der Waals surface area contributed by atoms with Crippen molar-refractivity contribution in [3.63, 3.8) is 0 Å². The minimum atomic E-state index is -0.933. The molecule has 3 N–H and O–H groups in total. The van der Waals surface area contributed by atoms with Crippen LogP contribution in [0.4, 0.5) is 26.1 Å². The first-order chi connectivity index (χ1) is 9.01. The van der Waals surface area contributed by atoms with Crippen LogP contribution in [-0.2, 0) is 0 Å². The number of anilines is 3. The molecule has 1 aromatic carbocycles. The van der Waals surface area contributed by atoms with Gasteiger partial charge in [-0.1, -0.05) is 15.9 Å². The Morgan fingerprint density at radius 2 is 2.00 bits per heavy atom. The highest BCUT2D eigenvalue weighted by molar-refractivity contribution is 9.10. The number of nitriles is 1. The monoisotopic (exact) mass is 324 g/mol. The predicted octanol–water partition coefficient (Wildman–Crippen LogP) is 3.32. The molecule has 19 heavy (non-hydrogen) atoms. The van der Waals surface area contributed by atoms with E-state index < -0.39 is 17.5 Å². The van der Waals surface area contributed by atoms with E-state index in [4.69, 9.17) is 11.0 Å². The van der Waals surface area contributed by atoms with Gasteiger partial charge in [0.2, 0.25) is 0 Å². The topological polar surface area (TPSA) is 74.7 Å². The second-order valence-corrected chi connectivity index (χ2v) is 4.53. The van der Waals surface area contributed by atoms with Crippen LogP contribution in [0.1, 0.15) is 5.56 Å². The molecule has 7 heteroatoms. The largest absolute Gasteiger partial charge is 0.381 e. The summed E-state index contributed by atoms with van der Waals surface area (Å²) in [5, 5.41) is 11.6. The molecule has 0 aliphatic rings. The van der Waals surface area contributed by atoms with Crippen molar-refractivity contribution in [1.82, 2.24) is 4.98 Å². The highest BCUT2D eigenvalue weighted by atomic mass is 79.9. The highest BCUT2D eigenvalue weighted by Crippen LogP contribution is 2.26. The van der Waals surface area contributed by atoms with Gasteiger partial charge in [-0.2, -0.15) is 5.26 Å². The molecule has 0 aliphatic carbocycles. The lowest BCUT2D eigenvalue weighted by Gasteiger charge is -2.09. The van der Waals surface area contributed by atoms with Gasteiger partial charge in [-0.15, -0.1) is 0 Å². The van der Waals surface area contributed by atoms with E-state index in [1.54, 1.807) is 18.2 Å². The Labute approximate surface area is 116 Å². The van der Waals surface area contributed by atoms with Crippen molar-refractivity contribution in [3.05, 3.63) is 45.9 Å². The number of nitrogens with one attached hydrogen (secondary N) is 1. The third-order valence-corrected chi connectivity index (χ3v) is 2.81. The van der Waals surface area contributed by atoms with Gasteiger partial charge in [-0.3, -0.25) is 0 Å². The summed E-state index contributed by atoms with van der Waals surface area (Å²) in [6.07, 6.45) is 0. The lowest BCUT2D eigenvalue weighted by atomic mass is 10.2. The molecule has 0 bridgehead atoms. The second-order valence-electron chi connectivity index (χ2n) is 3.61. The lowest BCUT2D eigenvalue weighted by molar-refractivity contribution is 0.581. The molecule has 2 aromatic rings. The molecule has 0 saturated carbocycles. The maximum absolute atomic E-state index is 13.5. The zero-order valence-corrected chi connectivity index (χ0v) is 11.0.